The number of unbranched alkanes of at least 4 members (excludes halogenated alkanes) is 1. The van der Waals surface area contributed by atoms with E-state index in [1.807, 2.05) is 24.3 Å². The molecule has 1 heterocycles. The Morgan fingerprint density at radius 3 is 2.63 bits per heavy atom. The van der Waals surface area contributed by atoms with Gasteiger partial charge in [0.25, 0.3) is 0 Å². The molecule has 0 fully saturated rings. The van der Waals surface area contributed by atoms with E-state index in [9.17, 15) is 0 Å². The third-order valence-corrected chi connectivity index (χ3v) is 3.57. The number of nitrogens with two attached hydrogens (primary N) is 1. The first-order valence-corrected chi connectivity index (χ1v) is 6.95. The lowest BCUT2D eigenvalue weighted by atomic mass is 9.91. The maximum absolute atomic E-state index is 6.32. The van der Waals surface area contributed by atoms with Crippen molar-refractivity contribution in [2.24, 2.45) is 5.73 Å². The van der Waals surface area contributed by atoms with Crippen LogP contribution in [0, 0.1) is 0 Å². The molecule has 2 aromatic rings. The Kier molecular flexibility index (Phi) is 4.93. The summed E-state index contributed by atoms with van der Waals surface area (Å²) in [5.74, 6) is 0.221. The molecular formula is C14H19ClN4. The van der Waals surface area contributed by atoms with Gasteiger partial charge in [0.2, 0.25) is 0 Å². The van der Waals surface area contributed by atoms with Crippen molar-refractivity contribution in [1.29, 1.82) is 0 Å². The maximum atomic E-state index is 6.32. The van der Waals surface area contributed by atoms with Crippen LogP contribution in [0.4, 0.5) is 0 Å². The molecule has 0 bridgehead atoms. The summed E-state index contributed by atoms with van der Waals surface area (Å²) in [7, 11) is 0. The van der Waals surface area contributed by atoms with E-state index >= 15 is 0 Å². The molecule has 1 aromatic heterocycles. The van der Waals surface area contributed by atoms with E-state index in [1.165, 1.54) is 11.9 Å². The Morgan fingerprint density at radius 1 is 1.32 bits per heavy atom. The SMILES string of the molecule is CCCCC(c1ccc(Cl)cc1)C(N)n1cncn1. The molecular weight excluding hydrogens is 260 g/mol. The van der Waals surface area contributed by atoms with E-state index in [1.54, 1.807) is 11.0 Å². The van der Waals surface area contributed by atoms with Gasteiger partial charge in [-0.3, -0.25) is 0 Å². The Balaban J connectivity index is 2.22. The van der Waals surface area contributed by atoms with Crippen LogP contribution < -0.4 is 5.73 Å². The van der Waals surface area contributed by atoms with Crippen molar-refractivity contribution in [3.05, 3.63) is 47.5 Å². The Bertz CT molecular complexity index is 481. The van der Waals surface area contributed by atoms with Gasteiger partial charge in [-0.25, -0.2) is 9.67 Å². The number of aromatic nitrogens is 3. The molecule has 2 unspecified atom stereocenters. The molecule has 2 atom stereocenters. The largest absolute Gasteiger partial charge is 0.309 e. The summed E-state index contributed by atoms with van der Waals surface area (Å²) in [5, 5.41) is 4.89. The van der Waals surface area contributed by atoms with Crippen LogP contribution in [0.2, 0.25) is 5.02 Å². The van der Waals surface area contributed by atoms with Gasteiger partial charge in [0.1, 0.15) is 18.8 Å². The van der Waals surface area contributed by atoms with Crippen molar-refractivity contribution >= 4 is 11.6 Å². The van der Waals surface area contributed by atoms with Crippen molar-refractivity contribution in [2.75, 3.05) is 0 Å². The molecule has 0 amide bonds. The number of benzene rings is 1. The molecule has 0 radical (unpaired) electrons. The van der Waals surface area contributed by atoms with Crippen LogP contribution in [0.25, 0.3) is 0 Å². The number of hydrogen-bond acceptors (Lipinski definition) is 3. The Hall–Kier alpha value is -1.39. The highest BCUT2D eigenvalue weighted by molar-refractivity contribution is 6.30. The summed E-state index contributed by atoms with van der Waals surface area (Å²) in [6.07, 6.45) is 6.29. The van der Waals surface area contributed by atoms with Gasteiger partial charge in [0, 0.05) is 10.9 Å². The van der Waals surface area contributed by atoms with E-state index in [4.69, 9.17) is 17.3 Å². The second kappa shape index (κ2) is 6.68. The first-order chi connectivity index (χ1) is 9.22. The predicted molar refractivity (Wildman–Crippen MR) is 77.0 cm³/mol. The lowest BCUT2D eigenvalue weighted by molar-refractivity contribution is 0.365. The molecule has 0 saturated heterocycles. The second-order valence-corrected chi connectivity index (χ2v) is 5.10. The monoisotopic (exact) mass is 278 g/mol. The Labute approximate surface area is 118 Å². The highest BCUT2D eigenvalue weighted by atomic mass is 35.5. The normalized spacial score (nSPS) is 14.3. The Morgan fingerprint density at radius 2 is 2.05 bits per heavy atom. The number of hydrogen-bond donors (Lipinski definition) is 1. The molecule has 19 heavy (non-hydrogen) atoms. The predicted octanol–water partition coefficient (Wildman–Crippen LogP) is 3.36. The molecule has 2 rings (SSSR count). The molecule has 102 valence electrons. The van der Waals surface area contributed by atoms with Crippen LogP contribution in [-0.4, -0.2) is 14.8 Å². The van der Waals surface area contributed by atoms with E-state index in [0.29, 0.717) is 0 Å². The van der Waals surface area contributed by atoms with Crippen LogP contribution >= 0.6 is 11.6 Å². The lowest BCUT2D eigenvalue weighted by Gasteiger charge is -2.24. The molecule has 0 saturated carbocycles. The highest BCUT2D eigenvalue weighted by Crippen LogP contribution is 2.30. The number of halogens is 1. The molecule has 0 aliphatic carbocycles. The summed E-state index contributed by atoms with van der Waals surface area (Å²) in [4.78, 5) is 3.96. The topological polar surface area (TPSA) is 56.7 Å². The van der Waals surface area contributed by atoms with Gasteiger partial charge in [-0.1, -0.05) is 43.5 Å². The zero-order valence-electron chi connectivity index (χ0n) is 11.0. The molecule has 5 heteroatoms. The lowest BCUT2D eigenvalue weighted by Crippen LogP contribution is -2.26. The van der Waals surface area contributed by atoms with Gasteiger partial charge in [0.05, 0.1) is 0 Å². The fourth-order valence-electron chi connectivity index (χ4n) is 2.22. The first-order valence-electron chi connectivity index (χ1n) is 6.57. The summed E-state index contributed by atoms with van der Waals surface area (Å²) >= 11 is 5.94. The summed E-state index contributed by atoms with van der Waals surface area (Å²) in [6, 6.07) is 7.90. The van der Waals surface area contributed by atoms with Gasteiger partial charge in [-0.2, -0.15) is 5.10 Å². The second-order valence-electron chi connectivity index (χ2n) is 4.67. The number of rotatable bonds is 6. The van der Waals surface area contributed by atoms with Crippen LogP contribution in [-0.2, 0) is 0 Å². The minimum Gasteiger partial charge on any atom is -0.309 e. The minimum atomic E-state index is -0.199. The quantitative estimate of drug-likeness (QED) is 0.881. The third kappa shape index (κ3) is 3.55. The molecule has 0 aliphatic heterocycles. The number of nitrogens with zero attached hydrogens (tertiary/aromatic N) is 3. The summed E-state index contributed by atoms with van der Waals surface area (Å²) < 4.78 is 1.72. The van der Waals surface area contributed by atoms with Crippen LogP contribution in [0.5, 0.6) is 0 Å². The minimum absolute atomic E-state index is 0.199. The van der Waals surface area contributed by atoms with Crippen molar-refractivity contribution in [2.45, 2.75) is 38.3 Å². The molecule has 2 N–H and O–H groups in total. The van der Waals surface area contributed by atoms with Gasteiger partial charge in [0.15, 0.2) is 0 Å². The third-order valence-electron chi connectivity index (χ3n) is 3.32. The van der Waals surface area contributed by atoms with E-state index < -0.39 is 0 Å². The smallest absolute Gasteiger partial charge is 0.137 e. The fraction of sp³-hybridized carbons (Fsp3) is 0.429. The van der Waals surface area contributed by atoms with Crippen LogP contribution in [0.1, 0.15) is 43.8 Å². The van der Waals surface area contributed by atoms with Crippen molar-refractivity contribution in [3.8, 4) is 0 Å². The molecule has 4 nitrogen and oxygen atoms in total. The summed E-state index contributed by atoms with van der Waals surface area (Å²) in [5.41, 5.74) is 7.52. The van der Waals surface area contributed by atoms with Gasteiger partial charge in [-0.05, 0) is 24.1 Å². The molecule has 0 spiro atoms. The fourth-order valence-corrected chi connectivity index (χ4v) is 2.35. The van der Waals surface area contributed by atoms with Gasteiger partial charge in [-0.15, -0.1) is 0 Å². The van der Waals surface area contributed by atoms with Crippen molar-refractivity contribution in [1.82, 2.24) is 14.8 Å². The highest BCUT2D eigenvalue weighted by Gasteiger charge is 2.21. The summed E-state index contributed by atoms with van der Waals surface area (Å²) in [6.45, 7) is 2.18. The van der Waals surface area contributed by atoms with E-state index in [2.05, 4.69) is 17.0 Å². The molecule has 1 aromatic carbocycles. The van der Waals surface area contributed by atoms with Gasteiger partial charge < -0.3 is 5.73 Å². The zero-order valence-corrected chi connectivity index (χ0v) is 11.8. The van der Waals surface area contributed by atoms with E-state index in [-0.39, 0.29) is 12.1 Å². The van der Waals surface area contributed by atoms with E-state index in [0.717, 1.165) is 24.3 Å². The maximum Gasteiger partial charge on any atom is 0.137 e. The van der Waals surface area contributed by atoms with Crippen LogP contribution in [0.3, 0.4) is 0 Å². The first kappa shape index (κ1) is 14.0. The standard InChI is InChI=1S/C14H19ClN4/c1-2-3-4-13(11-5-7-12(15)8-6-11)14(16)19-10-17-9-18-19/h5-10,13-14H,2-4,16H2,1H3. The molecule has 0 aliphatic rings. The van der Waals surface area contributed by atoms with Gasteiger partial charge >= 0.3 is 0 Å². The van der Waals surface area contributed by atoms with Crippen molar-refractivity contribution in [3.63, 3.8) is 0 Å². The van der Waals surface area contributed by atoms with Crippen LogP contribution in [0.15, 0.2) is 36.9 Å². The average Bonchev–Trinajstić information content (AvgIpc) is 2.95. The van der Waals surface area contributed by atoms with Crippen molar-refractivity contribution < 1.29 is 0 Å². The zero-order chi connectivity index (χ0) is 13.7. The average molecular weight is 279 g/mol.